The van der Waals surface area contributed by atoms with Crippen LogP contribution in [0.5, 0.6) is 5.75 Å². The Balaban J connectivity index is 1.35. The molecule has 42 heavy (non-hydrogen) atoms. The summed E-state index contributed by atoms with van der Waals surface area (Å²) in [6.45, 7) is 6.16. The standard InChI is InChI=1S/C34H46N4O4/c1-23-18-38(24(2)22-39)34(41)29-17-27(35-33(40)16-26-20-37(4)30-13-9-8-12-28(26)30)14-15-31(29)42-32(23)21-36(3)19-25-10-6-5-7-11-25/h8-9,12-15,17,20,23-25,32,39H,5-7,10-11,16,18-19,21-22H2,1-4H3,(H,35,40)/t23-,24+,32+/m0/s1. The highest BCUT2D eigenvalue weighted by Crippen LogP contribution is 2.31. The molecule has 0 bridgehead atoms. The minimum absolute atomic E-state index is 0.0741. The molecular weight excluding hydrogens is 528 g/mol. The number of aliphatic hydroxyl groups excluding tert-OH is 1. The van der Waals surface area contributed by atoms with Gasteiger partial charge in [-0.25, -0.2) is 0 Å². The zero-order valence-corrected chi connectivity index (χ0v) is 25.5. The minimum Gasteiger partial charge on any atom is -0.488 e. The number of amides is 2. The summed E-state index contributed by atoms with van der Waals surface area (Å²) in [4.78, 5) is 31.1. The Morgan fingerprint density at radius 3 is 2.67 bits per heavy atom. The third-order valence-electron chi connectivity index (χ3n) is 9.07. The molecular formula is C34H46N4O4. The number of nitrogens with zero attached hydrogens (tertiary/aromatic N) is 3. The van der Waals surface area contributed by atoms with Gasteiger partial charge in [0.2, 0.25) is 5.91 Å². The first-order valence-corrected chi connectivity index (χ1v) is 15.5. The van der Waals surface area contributed by atoms with Gasteiger partial charge in [0, 0.05) is 55.4 Å². The van der Waals surface area contributed by atoms with Gasteiger partial charge in [0.1, 0.15) is 11.9 Å². The van der Waals surface area contributed by atoms with E-state index < -0.39 is 0 Å². The smallest absolute Gasteiger partial charge is 0.258 e. The molecule has 2 aliphatic rings. The number of carbonyl (C=O) groups excluding carboxylic acids is 2. The lowest BCUT2D eigenvalue weighted by molar-refractivity contribution is -0.115. The summed E-state index contributed by atoms with van der Waals surface area (Å²) in [5, 5.41) is 14.0. The van der Waals surface area contributed by atoms with Crippen LogP contribution in [0.15, 0.2) is 48.7 Å². The number of likely N-dealkylation sites (N-methyl/N-ethyl adjacent to an activating group) is 1. The summed E-state index contributed by atoms with van der Waals surface area (Å²) in [6, 6.07) is 13.0. The Morgan fingerprint density at radius 2 is 1.90 bits per heavy atom. The number of carbonyl (C=O) groups is 2. The first kappa shape index (κ1) is 30.1. The number of aryl methyl sites for hydroxylation is 1. The predicted octanol–water partition coefficient (Wildman–Crippen LogP) is 5.09. The normalized spacial score (nSPS) is 20.6. The maximum absolute atomic E-state index is 13.8. The van der Waals surface area contributed by atoms with E-state index >= 15 is 0 Å². The van der Waals surface area contributed by atoms with Crippen LogP contribution >= 0.6 is 0 Å². The van der Waals surface area contributed by atoms with Crippen LogP contribution in [0.3, 0.4) is 0 Å². The van der Waals surface area contributed by atoms with Crippen LogP contribution < -0.4 is 10.1 Å². The molecule has 8 heteroatoms. The van der Waals surface area contributed by atoms with E-state index in [1.807, 2.05) is 55.1 Å². The first-order valence-electron chi connectivity index (χ1n) is 15.5. The summed E-state index contributed by atoms with van der Waals surface area (Å²) < 4.78 is 8.61. The van der Waals surface area contributed by atoms with E-state index in [2.05, 4.69) is 24.2 Å². The molecule has 2 aromatic carbocycles. The second-order valence-corrected chi connectivity index (χ2v) is 12.6. The van der Waals surface area contributed by atoms with Gasteiger partial charge in [-0.2, -0.15) is 0 Å². The lowest BCUT2D eigenvalue weighted by Crippen LogP contribution is -2.50. The van der Waals surface area contributed by atoms with E-state index in [9.17, 15) is 14.7 Å². The molecule has 0 unspecified atom stereocenters. The molecule has 3 atom stereocenters. The molecule has 1 aliphatic carbocycles. The van der Waals surface area contributed by atoms with Crippen molar-refractivity contribution in [3.8, 4) is 5.75 Å². The molecule has 0 spiro atoms. The molecule has 1 aliphatic heterocycles. The highest BCUT2D eigenvalue weighted by atomic mass is 16.5. The SMILES string of the molecule is C[C@H](CO)N1C[C@H](C)[C@@H](CN(C)CC2CCCCC2)Oc2ccc(NC(=O)Cc3cn(C)c4ccccc34)cc2C1=O. The maximum atomic E-state index is 13.8. The number of rotatable bonds is 9. The van der Waals surface area contributed by atoms with Crippen LogP contribution in [0.25, 0.3) is 10.9 Å². The first-order chi connectivity index (χ1) is 20.2. The number of anilines is 1. The lowest BCUT2D eigenvalue weighted by atomic mass is 9.89. The van der Waals surface area contributed by atoms with Gasteiger partial charge in [0.15, 0.2) is 0 Å². The topological polar surface area (TPSA) is 87.0 Å². The number of fused-ring (bicyclic) bond motifs is 2. The monoisotopic (exact) mass is 574 g/mol. The fraction of sp³-hybridized carbons (Fsp3) is 0.529. The van der Waals surface area contributed by atoms with Crippen LogP contribution in [0.2, 0.25) is 0 Å². The number of hydrogen-bond acceptors (Lipinski definition) is 5. The molecule has 2 heterocycles. The third kappa shape index (κ3) is 6.81. The van der Waals surface area contributed by atoms with E-state index in [0.29, 0.717) is 23.5 Å². The van der Waals surface area contributed by atoms with E-state index in [1.54, 1.807) is 17.0 Å². The number of para-hydroxylation sites is 1. The number of aliphatic hydroxyl groups is 1. The van der Waals surface area contributed by atoms with Crippen molar-refractivity contribution in [2.75, 3.05) is 38.6 Å². The van der Waals surface area contributed by atoms with Gasteiger partial charge in [-0.1, -0.05) is 44.4 Å². The van der Waals surface area contributed by atoms with E-state index in [-0.39, 0.29) is 42.9 Å². The number of hydrogen-bond donors (Lipinski definition) is 2. The molecule has 0 radical (unpaired) electrons. The fourth-order valence-electron chi connectivity index (χ4n) is 6.66. The largest absolute Gasteiger partial charge is 0.488 e. The number of ether oxygens (including phenoxy) is 1. The van der Waals surface area contributed by atoms with Crippen molar-refractivity contribution in [2.45, 2.75) is 64.5 Å². The van der Waals surface area contributed by atoms with Crippen molar-refractivity contribution in [1.29, 1.82) is 0 Å². The third-order valence-corrected chi connectivity index (χ3v) is 9.07. The van der Waals surface area contributed by atoms with Crippen molar-refractivity contribution < 1.29 is 19.4 Å². The number of aromatic nitrogens is 1. The Morgan fingerprint density at radius 1 is 1.14 bits per heavy atom. The summed E-state index contributed by atoms with van der Waals surface area (Å²) in [6.07, 6.45) is 8.66. The van der Waals surface area contributed by atoms with Gasteiger partial charge in [-0.05, 0) is 62.6 Å². The quantitative estimate of drug-likeness (QED) is 0.372. The molecule has 226 valence electrons. The number of nitrogens with one attached hydrogen (secondary N) is 1. The Hall–Kier alpha value is -3.36. The molecule has 3 aromatic rings. The summed E-state index contributed by atoms with van der Waals surface area (Å²) in [5.74, 6) is 0.974. The Kier molecular flexibility index (Phi) is 9.53. The molecule has 5 rings (SSSR count). The highest BCUT2D eigenvalue weighted by Gasteiger charge is 2.34. The molecule has 8 nitrogen and oxygen atoms in total. The van der Waals surface area contributed by atoms with E-state index in [0.717, 1.165) is 35.5 Å². The second kappa shape index (κ2) is 13.3. The second-order valence-electron chi connectivity index (χ2n) is 12.6. The fourth-order valence-corrected chi connectivity index (χ4v) is 6.66. The van der Waals surface area contributed by atoms with Gasteiger partial charge in [0.05, 0.1) is 24.6 Å². The van der Waals surface area contributed by atoms with Crippen molar-refractivity contribution in [1.82, 2.24) is 14.4 Å². The average molecular weight is 575 g/mol. The molecule has 1 saturated carbocycles. The van der Waals surface area contributed by atoms with E-state index in [4.69, 9.17) is 4.74 Å². The van der Waals surface area contributed by atoms with Crippen molar-refractivity contribution in [3.63, 3.8) is 0 Å². The van der Waals surface area contributed by atoms with Crippen molar-refractivity contribution >= 4 is 28.4 Å². The summed E-state index contributed by atoms with van der Waals surface area (Å²) in [7, 11) is 4.14. The van der Waals surface area contributed by atoms with Gasteiger partial charge in [-0.15, -0.1) is 0 Å². The Bertz CT molecular complexity index is 1400. The number of benzene rings is 2. The van der Waals surface area contributed by atoms with E-state index in [1.165, 1.54) is 32.1 Å². The van der Waals surface area contributed by atoms with Gasteiger partial charge in [-0.3, -0.25) is 9.59 Å². The van der Waals surface area contributed by atoms with Crippen LogP contribution in [-0.2, 0) is 18.3 Å². The molecule has 1 aromatic heterocycles. The maximum Gasteiger partial charge on any atom is 0.258 e. The Labute approximate surface area is 249 Å². The average Bonchev–Trinajstić information content (AvgIpc) is 3.29. The predicted molar refractivity (Wildman–Crippen MR) is 167 cm³/mol. The van der Waals surface area contributed by atoms with Gasteiger partial charge < -0.3 is 29.5 Å². The van der Waals surface area contributed by atoms with Crippen LogP contribution in [0.1, 0.15) is 61.9 Å². The van der Waals surface area contributed by atoms with Crippen molar-refractivity contribution in [3.05, 3.63) is 59.8 Å². The lowest BCUT2D eigenvalue weighted by Gasteiger charge is -2.38. The molecule has 0 saturated heterocycles. The zero-order chi connectivity index (χ0) is 29.8. The van der Waals surface area contributed by atoms with Crippen LogP contribution in [0, 0.1) is 11.8 Å². The van der Waals surface area contributed by atoms with Gasteiger partial charge >= 0.3 is 0 Å². The minimum atomic E-state index is -0.337. The zero-order valence-electron chi connectivity index (χ0n) is 25.5. The van der Waals surface area contributed by atoms with Crippen LogP contribution in [-0.4, -0.2) is 76.7 Å². The van der Waals surface area contributed by atoms with Gasteiger partial charge in [0.25, 0.3) is 5.91 Å². The van der Waals surface area contributed by atoms with Crippen molar-refractivity contribution in [2.24, 2.45) is 18.9 Å². The molecule has 2 amide bonds. The molecule has 1 fully saturated rings. The summed E-state index contributed by atoms with van der Waals surface area (Å²) in [5.41, 5.74) is 2.99. The summed E-state index contributed by atoms with van der Waals surface area (Å²) >= 11 is 0. The van der Waals surface area contributed by atoms with Crippen LogP contribution in [0.4, 0.5) is 5.69 Å². The highest BCUT2D eigenvalue weighted by molar-refractivity contribution is 6.00. The molecule has 2 N–H and O–H groups in total.